The molecule has 1 N–H and O–H groups in total. The van der Waals surface area contributed by atoms with E-state index in [-0.39, 0.29) is 0 Å². The van der Waals surface area contributed by atoms with Crippen LogP contribution in [0.3, 0.4) is 0 Å². The fourth-order valence-corrected chi connectivity index (χ4v) is 7.68. The molecule has 0 aliphatic carbocycles. The molecule has 5 aliphatic heterocycles. The van der Waals surface area contributed by atoms with Gasteiger partial charge in [-0.2, -0.15) is 0 Å². The van der Waals surface area contributed by atoms with Crippen molar-refractivity contribution in [3.05, 3.63) is 197 Å². The molecule has 8 bridgehead atoms. The number of rotatable bonds is 7. The molecule has 0 spiro atoms. The maximum absolute atomic E-state index is 5.43. The van der Waals surface area contributed by atoms with Crippen molar-refractivity contribution < 1.29 is 13.7 Å². The number of aromatic amines is 1. The quantitative estimate of drug-likeness (QED) is 0.195. The van der Waals surface area contributed by atoms with Crippen LogP contribution >= 0.6 is 0 Å². The highest BCUT2D eigenvalue weighted by atomic mass is 15.1. The number of hydrogen-bond donors (Lipinski definition) is 1. The minimum absolute atomic E-state index is 0.864. The normalized spacial score (nSPS) is 17.2. The van der Waals surface area contributed by atoms with Crippen LogP contribution in [0.25, 0.3) is 22.3 Å². The first-order valence-electron chi connectivity index (χ1n) is 19.6. The first kappa shape index (κ1) is 34.9. The lowest BCUT2D eigenvalue weighted by molar-refractivity contribution is -0.693. The van der Waals surface area contributed by atoms with E-state index in [0.29, 0.717) is 0 Å². The summed E-state index contributed by atoms with van der Waals surface area (Å²) < 4.78 is 6.52. The molecular weight excluding hydrogens is 689 g/mol. The highest BCUT2D eigenvalue weighted by Gasteiger charge is 2.27. The molecule has 9 rings (SSSR count). The third-order valence-electron chi connectivity index (χ3n) is 10.9. The number of fused-ring (bicyclic) bond motifs is 5. The van der Waals surface area contributed by atoms with Crippen LogP contribution in [0.2, 0.25) is 0 Å². The molecule has 0 aromatic carbocycles. The number of nitrogens with one attached hydrogen (secondary N) is 1. The van der Waals surface area contributed by atoms with Gasteiger partial charge < -0.3 is 9.88 Å². The lowest BCUT2D eigenvalue weighted by Gasteiger charge is -2.18. The Morgan fingerprint density at radius 3 is 1.23 bits per heavy atom. The summed E-state index contributed by atoms with van der Waals surface area (Å²) in [4.78, 5) is 22.3. The molecule has 8 heteroatoms. The Morgan fingerprint density at radius 1 is 0.446 bits per heavy atom. The standard InChI is InChI=1S/C48H45N8/c1-5-53-25-17-33(18-26-53)45-37-9-11-39(49-37)46(34-19-27-54(6-2)28-20-34)41-13-15-43(51-41)48(36-23-31-56(8-4)32-24-36)44-16-14-42(52-44)47(40-12-10-38(45)50-40)35-21-29-55(7-3)30-22-35/h9-32,49H,5-8H2,1-4H3/q+3. The third-order valence-corrected chi connectivity index (χ3v) is 10.9. The number of aliphatic imine (C=N–C) groups is 3. The van der Waals surface area contributed by atoms with Crippen LogP contribution in [-0.2, 0) is 19.6 Å². The molecule has 4 aromatic heterocycles. The Kier molecular flexibility index (Phi) is 9.23. The lowest BCUT2D eigenvalue weighted by Crippen LogP contribution is -2.30. The second-order valence-corrected chi connectivity index (χ2v) is 14.1. The third kappa shape index (κ3) is 6.43. The largest absolute Gasteiger partial charge is 0.354 e. The fraction of sp³-hybridized carbons (Fsp3) is 0.167. The average molecular weight is 734 g/mol. The molecule has 0 saturated carbocycles. The van der Waals surface area contributed by atoms with Gasteiger partial charge in [-0.3, -0.25) is 0 Å². The monoisotopic (exact) mass is 733 g/mol. The van der Waals surface area contributed by atoms with Crippen LogP contribution in [0.15, 0.2) is 184 Å². The predicted molar refractivity (Wildman–Crippen MR) is 225 cm³/mol. The van der Waals surface area contributed by atoms with Gasteiger partial charge in [-0.25, -0.2) is 28.7 Å². The van der Waals surface area contributed by atoms with Crippen molar-refractivity contribution in [2.75, 3.05) is 6.54 Å². The van der Waals surface area contributed by atoms with Gasteiger partial charge in [-0.1, -0.05) is 0 Å². The van der Waals surface area contributed by atoms with Crippen LogP contribution in [0, 0.1) is 0 Å². The first-order chi connectivity index (χ1) is 27.5. The van der Waals surface area contributed by atoms with Crippen molar-refractivity contribution >= 4 is 39.4 Å². The molecule has 274 valence electrons. The van der Waals surface area contributed by atoms with E-state index in [1.165, 1.54) is 0 Å². The Balaban J connectivity index is 1.34. The van der Waals surface area contributed by atoms with Crippen molar-refractivity contribution in [1.29, 1.82) is 0 Å². The van der Waals surface area contributed by atoms with E-state index in [1.807, 2.05) is 0 Å². The minimum atomic E-state index is 0.864. The first-order valence-corrected chi connectivity index (χ1v) is 19.6. The van der Waals surface area contributed by atoms with Crippen molar-refractivity contribution in [3.8, 4) is 0 Å². The van der Waals surface area contributed by atoms with Gasteiger partial charge in [0, 0.05) is 89.0 Å². The molecule has 9 heterocycles. The molecule has 0 unspecified atom stereocenters. The summed E-state index contributed by atoms with van der Waals surface area (Å²) in [6.45, 7) is 12.2. The van der Waals surface area contributed by atoms with Gasteiger partial charge in [0.25, 0.3) is 0 Å². The van der Waals surface area contributed by atoms with Gasteiger partial charge in [0.15, 0.2) is 37.2 Å². The number of aromatic nitrogens is 4. The van der Waals surface area contributed by atoms with Crippen LogP contribution in [0.1, 0.15) is 55.8 Å². The number of allylic oxidation sites excluding steroid dienone is 12. The Labute approximate surface area is 328 Å². The minimum Gasteiger partial charge on any atom is -0.354 e. The summed E-state index contributed by atoms with van der Waals surface area (Å²) >= 11 is 0. The van der Waals surface area contributed by atoms with Gasteiger partial charge >= 0.3 is 0 Å². The van der Waals surface area contributed by atoms with Crippen LogP contribution in [-0.4, -0.2) is 33.6 Å². The van der Waals surface area contributed by atoms with Crippen LogP contribution < -0.4 is 13.7 Å². The summed E-state index contributed by atoms with van der Waals surface area (Å²) in [6, 6.07) is 17.4. The van der Waals surface area contributed by atoms with Crippen molar-refractivity contribution in [1.82, 2.24) is 9.88 Å². The zero-order chi connectivity index (χ0) is 38.2. The topological polar surface area (TPSA) is 67.8 Å². The fourth-order valence-electron chi connectivity index (χ4n) is 7.68. The summed E-state index contributed by atoms with van der Waals surface area (Å²) in [5, 5.41) is 0. The van der Waals surface area contributed by atoms with E-state index in [0.717, 1.165) is 116 Å². The molecule has 4 aromatic rings. The van der Waals surface area contributed by atoms with E-state index >= 15 is 0 Å². The van der Waals surface area contributed by atoms with E-state index in [9.17, 15) is 0 Å². The molecule has 0 amide bonds. The summed E-state index contributed by atoms with van der Waals surface area (Å²) in [5.74, 6) is 0. The van der Waals surface area contributed by atoms with Crippen LogP contribution in [0.5, 0.6) is 0 Å². The van der Waals surface area contributed by atoms with Gasteiger partial charge in [-0.15, -0.1) is 0 Å². The van der Waals surface area contributed by atoms with Crippen molar-refractivity contribution in [2.45, 2.75) is 47.3 Å². The lowest BCUT2D eigenvalue weighted by atomic mass is 9.99. The number of nitrogens with zero attached hydrogens (tertiary/aromatic N) is 7. The zero-order valence-corrected chi connectivity index (χ0v) is 32.3. The molecule has 8 nitrogen and oxygen atoms in total. The van der Waals surface area contributed by atoms with Gasteiger partial charge in [0.05, 0.1) is 34.2 Å². The molecule has 0 atom stereocenters. The van der Waals surface area contributed by atoms with Gasteiger partial charge in [0.2, 0.25) is 0 Å². The van der Waals surface area contributed by atoms with Crippen molar-refractivity contribution in [2.24, 2.45) is 15.0 Å². The van der Waals surface area contributed by atoms with Crippen LogP contribution in [0.4, 0.5) is 0 Å². The van der Waals surface area contributed by atoms with E-state index < -0.39 is 0 Å². The Bertz CT molecular complexity index is 2610. The molecule has 5 aliphatic rings. The Morgan fingerprint density at radius 2 is 0.821 bits per heavy atom. The van der Waals surface area contributed by atoms with E-state index in [2.05, 4.69) is 198 Å². The number of H-pyrrole nitrogens is 1. The highest BCUT2D eigenvalue weighted by molar-refractivity contribution is 6.37. The average Bonchev–Trinajstić information content (AvgIpc) is 4.10. The van der Waals surface area contributed by atoms with Gasteiger partial charge in [0.1, 0.15) is 19.6 Å². The maximum Gasteiger partial charge on any atom is 0.169 e. The summed E-state index contributed by atoms with van der Waals surface area (Å²) in [5.41, 5.74) is 15.5. The number of pyridine rings is 3. The predicted octanol–water partition coefficient (Wildman–Crippen LogP) is 7.68. The van der Waals surface area contributed by atoms with E-state index in [1.54, 1.807) is 0 Å². The second-order valence-electron chi connectivity index (χ2n) is 14.1. The zero-order valence-electron chi connectivity index (χ0n) is 32.3. The highest BCUT2D eigenvalue weighted by Crippen LogP contribution is 2.38. The molecular formula is C48H45N8+3. The maximum atomic E-state index is 5.43. The summed E-state index contributed by atoms with van der Waals surface area (Å²) in [7, 11) is 0. The molecule has 0 radical (unpaired) electrons. The van der Waals surface area contributed by atoms with Crippen molar-refractivity contribution in [3.63, 3.8) is 0 Å². The number of aryl methyl sites for hydroxylation is 3. The molecule has 0 fully saturated rings. The second kappa shape index (κ2) is 14.8. The molecule has 0 saturated heterocycles. The number of hydrogen-bond acceptors (Lipinski definition) is 4. The SMILES string of the molecule is CCN1C=CC(=C2C3=NC(=C(c4cc[n+](CC)cc4)C4=NC(=C(c5cc[n+](CC)cc5)C5=NC(=C(c6cc[n+](CC)cc6)c6ccc2[nH]6)C=C5)C=C4)C=C3)C=C1. The summed E-state index contributed by atoms with van der Waals surface area (Å²) in [6.07, 6.45) is 34.2. The van der Waals surface area contributed by atoms with E-state index in [4.69, 9.17) is 15.0 Å². The molecule has 56 heavy (non-hydrogen) atoms. The Hall–Kier alpha value is -6.80. The van der Waals surface area contributed by atoms with Gasteiger partial charge in [-0.05, 0) is 111 Å². The smallest absolute Gasteiger partial charge is 0.169 e.